The van der Waals surface area contributed by atoms with Crippen LogP contribution in [-0.4, -0.2) is 89.2 Å². The lowest BCUT2D eigenvalue weighted by atomic mass is 9.89. The summed E-state index contributed by atoms with van der Waals surface area (Å²) < 4.78 is 32.4. The number of nitrogens with two attached hydrogens (primary N) is 1. The summed E-state index contributed by atoms with van der Waals surface area (Å²) in [6, 6.07) is 13.7. The highest BCUT2D eigenvalue weighted by atomic mass is 35.5. The van der Waals surface area contributed by atoms with Crippen molar-refractivity contribution >= 4 is 64.6 Å². The van der Waals surface area contributed by atoms with Crippen LogP contribution in [0.3, 0.4) is 0 Å². The van der Waals surface area contributed by atoms with Gasteiger partial charge in [-0.15, -0.1) is 0 Å². The number of ether oxygens (including phenoxy) is 3. The van der Waals surface area contributed by atoms with E-state index in [1.807, 2.05) is 0 Å². The minimum Gasteiger partial charge on any atom is -0.508 e. The molecule has 17 bridgehead atoms. The number of halogens is 3. The lowest BCUT2D eigenvalue weighted by molar-refractivity contribution is -0.137. The molecule has 0 aromatic heterocycles. The number of rotatable bonds is 3. The van der Waals surface area contributed by atoms with Gasteiger partial charge in [-0.1, -0.05) is 59.6 Å². The third kappa shape index (κ3) is 12.5. The summed E-state index contributed by atoms with van der Waals surface area (Å²) in [5.74, 6) is -14.6. The summed E-state index contributed by atoms with van der Waals surface area (Å²) in [5.41, 5.74) is 5.10. The van der Waals surface area contributed by atoms with Crippen molar-refractivity contribution in [1.29, 1.82) is 0 Å². The van der Waals surface area contributed by atoms with Gasteiger partial charge in [0.25, 0.3) is 0 Å². The van der Waals surface area contributed by atoms with Crippen molar-refractivity contribution in [3.05, 3.63) is 200 Å². The zero-order valence-electron chi connectivity index (χ0n) is 47.7. The molecule has 14 rings (SSSR count). The second-order valence-electron chi connectivity index (χ2n) is 22.1. The van der Waals surface area contributed by atoms with E-state index in [9.17, 15) is 54.5 Å². The number of hydrogen-bond donors (Lipinski definition) is 15. The van der Waals surface area contributed by atoms with Gasteiger partial charge in [-0.2, -0.15) is 0 Å². The van der Waals surface area contributed by atoms with Crippen LogP contribution in [0.25, 0.3) is 11.1 Å². The van der Waals surface area contributed by atoms with Gasteiger partial charge in [-0.25, -0.2) is 4.39 Å². The Kier molecular flexibility index (Phi) is 16.5. The second-order valence-corrected chi connectivity index (χ2v) is 22.9. The smallest absolute Gasteiger partial charge is 0.248 e. The highest BCUT2D eigenvalue weighted by molar-refractivity contribution is 6.32. The predicted molar refractivity (Wildman–Crippen MR) is 326 cm³/mol. The molecular formula is C65H51Cl2FN8O17. The topological polar surface area (TPSA) is 399 Å². The quantitative estimate of drug-likeness (QED) is 0.0915. The highest BCUT2D eigenvalue weighted by Crippen LogP contribution is 2.48. The molecule has 6 aliphatic heterocycles. The van der Waals surface area contributed by atoms with Crippen LogP contribution in [0.5, 0.6) is 69.0 Å². The fourth-order valence-corrected chi connectivity index (χ4v) is 11.6. The summed E-state index contributed by atoms with van der Waals surface area (Å²) in [4.78, 5) is 106. The lowest BCUT2D eigenvalue weighted by Gasteiger charge is -2.31. The number of fused-ring (bicyclic) bond motifs is 14. The van der Waals surface area contributed by atoms with Gasteiger partial charge >= 0.3 is 0 Å². The minimum absolute atomic E-state index is 0.117. The molecule has 0 fully saturated rings. The Morgan fingerprint density at radius 1 is 0.527 bits per heavy atom. The Hall–Kier alpha value is -11.3. The van der Waals surface area contributed by atoms with Crippen LogP contribution in [0, 0.1) is 5.82 Å². The number of aliphatic hydroxyl groups is 1. The molecule has 6 aliphatic rings. The Balaban J connectivity index is 1.05. The van der Waals surface area contributed by atoms with E-state index in [1.54, 1.807) is 0 Å². The molecule has 25 nitrogen and oxygen atoms in total. The Morgan fingerprint density at radius 2 is 1.12 bits per heavy atom. The maximum absolute atomic E-state index is 15.9. The van der Waals surface area contributed by atoms with Gasteiger partial charge in [0.15, 0.2) is 23.0 Å². The summed E-state index contributed by atoms with van der Waals surface area (Å²) in [7, 11) is 0. The molecule has 6 heterocycles. The number of phenols is 6. The van der Waals surface area contributed by atoms with E-state index in [0.29, 0.717) is 11.1 Å². The van der Waals surface area contributed by atoms with Crippen molar-refractivity contribution in [1.82, 2.24) is 37.2 Å². The van der Waals surface area contributed by atoms with Crippen LogP contribution in [0.4, 0.5) is 4.39 Å². The minimum atomic E-state index is -2.18. The molecule has 474 valence electrons. The molecule has 16 N–H and O–H groups in total. The van der Waals surface area contributed by atoms with E-state index in [2.05, 4.69) is 37.2 Å². The Bertz CT molecular complexity index is 4460. The first kappa shape index (κ1) is 61.9. The number of benzene rings is 8. The molecular weight excluding hydrogens is 1250 g/mol. The van der Waals surface area contributed by atoms with Crippen LogP contribution in [-0.2, 0) is 46.5 Å². The number of aromatic hydroxyl groups is 6. The number of carbonyl (C=O) groups is 7. The molecule has 0 saturated carbocycles. The lowest BCUT2D eigenvalue weighted by Crippen LogP contribution is -2.55. The number of amides is 7. The number of aliphatic hydroxyl groups excluding tert-OH is 1. The fraction of sp³-hybridized carbons (Fsp3) is 0.154. The third-order valence-electron chi connectivity index (χ3n) is 15.8. The van der Waals surface area contributed by atoms with Crippen molar-refractivity contribution in [2.75, 3.05) is 0 Å². The van der Waals surface area contributed by atoms with Gasteiger partial charge in [-0.3, -0.25) is 33.6 Å². The molecule has 0 aliphatic carbocycles. The van der Waals surface area contributed by atoms with Crippen LogP contribution in [0.2, 0.25) is 10.0 Å². The SMILES string of the molecule is N[C@@H]1C(=O)N[C@@H]2Cc3ccc(c(Cl)c3)Oc3cc4cc(c3O)Oc3ccc(cc3Cl)[C@@H](O)[C@@H]3NC(=O)[C@H](NC(=O)[C@@H]4NC(=O)[C@@H](NC2=O)c2cc(O)cc(c2)Oc2cc1ccc2O)c1ccc(O)c(c1)-c1c(O)cc(O)cc1[C@@H](C(=O)NCc1ccc(F)cc1)NC3=O. The molecule has 28 heteroatoms. The summed E-state index contributed by atoms with van der Waals surface area (Å²) in [5, 5.41) is 98.8. The maximum Gasteiger partial charge on any atom is 0.248 e. The molecule has 0 radical (unpaired) electrons. The molecule has 8 aromatic carbocycles. The second kappa shape index (κ2) is 24.8. The molecule has 8 aromatic rings. The van der Waals surface area contributed by atoms with Crippen LogP contribution in [0.15, 0.2) is 140 Å². The normalized spacial score (nSPS) is 21.1. The first-order valence-corrected chi connectivity index (χ1v) is 29.0. The monoisotopic (exact) mass is 1300 g/mol. The molecule has 8 atom stereocenters. The van der Waals surface area contributed by atoms with E-state index >= 15 is 19.2 Å². The molecule has 0 saturated heterocycles. The number of hydrogen-bond acceptors (Lipinski definition) is 18. The van der Waals surface area contributed by atoms with Crippen molar-refractivity contribution in [3.8, 4) is 80.1 Å². The summed E-state index contributed by atoms with van der Waals surface area (Å²) >= 11 is 13.8. The van der Waals surface area contributed by atoms with Gasteiger partial charge in [-0.05, 0) is 136 Å². The van der Waals surface area contributed by atoms with E-state index in [1.165, 1.54) is 66.7 Å². The van der Waals surface area contributed by atoms with Crippen LogP contribution >= 0.6 is 23.2 Å². The maximum atomic E-state index is 15.9. The standard InChI is InChI=1S/C65H51Cl2FN8O17/c66-39-13-27-3-11-45(39)92-48-20-32-21-49(58(48)83)93-46-12-6-30(18-40(46)67)57(82)56-65(90)75-55(61(86)70-25-26-1-7-33(68)8-2-26)38-23-35(78)24-44(81)50(38)37-17-29(5-9-42(37)79)52(62(87)76-56)73-64(89)54(32)74-63(88)53-31-15-34(77)22-36(16-31)91-47-19-28(4-10-43(47)80)51(69)60(85)71-41(14-27)59(84)72-53/h1-13,15-24,41,51-57,77-83H,14,25,69H2,(H,70,86)(H,71,85)(H,72,84)(H,73,89)(H,74,88)(H,75,90)(H,76,87)/t41-,51+,52-,53+,54-,55+,56+,57-/m1/s1. The van der Waals surface area contributed by atoms with Crippen molar-refractivity contribution in [2.24, 2.45) is 5.73 Å². The summed E-state index contributed by atoms with van der Waals surface area (Å²) in [6.45, 7) is -0.277. The first-order valence-electron chi connectivity index (χ1n) is 28.3. The zero-order chi connectivity index (χ0) is 65.8. The Labute approximate surface area is 534 Å². The molecule has 0 spiro atoms. The van der Waals surface area contributed by atoms with Gasteiger partial charge in [0.1, 0.15) is 94.5 Å². The largest absolute Gasteiger partial charge is 0.508 e. The van der Waals surface area contributed by atoms with Gasteiger partial charge in [0.2, 0.25) is 47.1 Å². The zero-order valence-corrected chi connectivity index (χ0v) is 49.2. The van der Waals surface area contributed by atoms with E-state index in [0.717, 1.165) is 72.8 Å². The van der Waals surface area contributed by atoms with E-state index < -0.39 is 147 Å². The number of phenolic OH excluding ortho intramolecular Hbond substituents is 6. The summed E-state index contributed by atoms with van der Waals surface area (Å²) in [6.07, 6.45) is -2.48. The van der Waals surface area contributed by atoms with Gasteiger partial charge < -0.3 is 92.9 Å². The van der Waals surface area contributed by atoms with Crippen molar-refractivity contribution in [3.63, 3.8) is 0 Å². The Morgan fingerprint density at radius 3 is 1.81 bits per heavy atom. The third-order valence-corrected chi connectivity index (χ3v) is 16.4. The fourth-order valence-electron chi connectivity index (χ4n) is 11.1. The number of carbonyl (C=O) groups excluding carboxylic acids is 7. The average molecular weight is 1310 g/mol. The molecule has 93 heavy (non-hydrogen) atoms. The number of nitrogens with one attached hydrogen (secondary N) is 7. The van der Waals surface area contributed by atoms with E-state index in [-0.39, 0.29) is 85.0 Å². The van der Waals surface area contributed by atoms with E-state index in [4.69, 9.17) is 43.1 Å². The molecule has 7 amide bonds. The highest BCUT2D eigenvalue weighted by Gasteiger charge is 2.41. The van der Waals surface area contributed by atoms with Crippen molar-refractivity contribution in [2.45, 2.75) is 61.4 Å². The predicted octanol–water partition coefficient (Wildman–Crippen LogP) is 6.36. The van der Waals surface area contributed by atoms with Crippen molar-refractivity contribution < 1.29 is 87.9 Å². The van der Waals surface area contributed by atoms with Crippen LogP contribution < -0.4 is 57.2 Å². The van der Waals surface area contributed by atoms with Gasteiger partial charge in [0, 0.05) is 36.2 Å². The molecule has 0 unspecified atom stereocenters. The van der Waals surface area contributed by atoms with Gasteiger partial charge in [0.05, 0.1) is 10.0 Å². The van der Waals surface area contributed by atoms with Crippen LogP contribution in [0.1, 0.15) is 80.8 Å². The average Bonchev–Trinajstić information content (AvgIpc) is 0.818. The first-order chi connectivity index (χ1) is 44.4.